The highest BCUT2D eigenvalue weighted by Crippen LogP contribution is 2.16. The third kappa shape index (κ3) is 4.02. The fourth-order valence-electron chi connectivity index (χ4n) is 2.32. The molecule has 2 N–H and O–H groups in total. The van der Waals surface area contributed by atoms with Gasteiger partial charge in [-0.05, 0) is 50.0 Å². The second-order valence-corrected chi connectivity index (χ2v) is 4.66. The van der Waals surface area contributed by atoms with E-state index in [1.807, 2.05) is 0 Å². The molecule has 3 heteroatoms. The summed E-state index contributed by atoms with van der Waals surface area (Å²) < 4.78 is 5.16. The van der Waals surface area contributed by atoms with Gasteiger partial charge in [0.1, 0.15) is 0 Å². The van der Waals surface area contributed by atoms with Gasteiger partial charge in [0, 0.05) is 18.8 Å². The van der Waals surface area contributed by atoms with Crippen molar-refractivity contribution >= 4 is 5.69 Å². The lowest BCUT2D eigenvalue weighted by atomic mass is 10.1. The highest BCUT2D eigenvalue weighted by molar-refractivity contribution is 5.46. The molecule has 1 aliphatic rings. The molecule has 1 saturated heterocycles. The van der Waals surface area contributed by atoms with Crippen molar-refractivity contribution in [3.05, 3.63) is 29.8 Å². The van der Waals surface area contributed by atoms with E-state index in [1.54, 1.807) is 7.11 Å². The van der Waals surface area contributed by atoms with E-state index in [2.05, 4.69) is 34.9 Å². The normalized spacial score (nSPS) is 20.9. The summed E-state index contributed by atoms with van der Waals surface area (Å²) in [6, 6.07) is 9.11. The smallest absolute Gasteiger partial charge is 0.0713 e. The topological polar surface area (TPSA) is 33.3 Å². The Morgan fingerprint density at radius 2 is 2.29 bits per heavy atom. The number of anilines is 1. The van der Waals surface area contributed by atoms with Crippen molar-refractivity contribution < 1.29 is 4.74 Å². The summed E-state index contributed by atoms with van der Waals surface area (Å²) in [7, 11) is 1.73. The third-order valence-electron chi connectivity index (χ3n) is 3.18. The molecule has 1 aromatic carbocycles. The molecular formula is C14H22N2O. The van der Waals surface area contributed by atoms with Crippen LogP contribution in [0.1, 0.15) is 24.8 Å². The molecule has 0 radical (unpaired) electrons. The first-order valence-electron chi connectivity index (χ1n) is 6.43. The van der Waals surface area contributed by atoms with Gasteiger partial charge < -0.3 is 15.4 Å². The molecule has 3 nitrogen and oxygen atoms in total. The van der Waals surface area contributed by atoms with Gasteiger partial charge >= 0.3 is 0 Å². The van der Waals surface area contributed by atoms with Crippen molar-refractivity contribution in [3.8, 4) is 0 Å². The van der Waals surface area contributed by atoms with Gasteiger partial charge in [0.2, 0.25) is 0 Å². The van der Waals surface area contributed by atoms with Gasteiger partial charge in [-0.3, -0.25) is 0 Å². The van der Waals surface area contributed by atoms with Crippen molar-refractivity contribution in [3.63, 3.8) is 0 Å². The first kappa shape index (κ1) is 12.4. The SMILES string of the molecule is COCc1cccc(NC2CCCNCC2)c1. The average molecular weight is 234 g/mol. The van der Waals surface area contributed by atoms with E-state index in [1.165, 1.54) is 30.5 Å². The standard InChI is InChI=1S/C14H22N2O/c1-17-11-12-4-2-5-14(10-12)16-13-6-3-8-15-9-7-13/h2,4-5,10,13,15-16H,3,6-9,11H2,1H3. The minimum absolute atomic E-state index is 0.600. The fourth-order valence-corrected chi connectivity index (χ4v) is 2.32. The number of rotatable bonds is 4. The predicted octanol–water partition coefficient (Wildman–Crippen LogP) is 2.39. The molecule has 2 rings (SSSR count). The van der Waals surface area contributed by atoms with Gasteiger partial charge in [-0.15, -0.1) is 0 Å². The van der Waals surface area contributed by atoms with Crippen molar-refractivity contribution in [2.75, 3.05) is 25.5 Å². The van der Waals surface area contributed by atoms with Gasteiger partial charge in [-0.2, -0.15) is 0 Å². The molecule has 1 heterocycles. The number of methoxy groups -OCH3 is 1. The molecule has 1 atom stereocenters. The van der Waals surface area contributed by atoms with E-state index in [0.717, 1.165) is 13.1 Å². The zero-order valence-corrected chi connectivity index (χ0v) is 10.5. The molecule has 1 fully saturated rings. The second kappa shape index (κ2) is 6.62. The zero-order valence-electron chi connectivity index (χ0n) is 10.5. The summed E-state index contributed by atoms with van der Waals surface area (Å²) in [6.45, 7) is 2.96. The second-order valence-electron chi connectivity index (χ2n) is 4.66. The Morgan fingerprint density at radius 1 is 1.35 bits per heavy atom. The van der Waals surface area contributed by atoms with Gasteiger partial charge in [-0.25, -0.2) is 0 Å². The quantitative estimate of drug-likeness (QED) is 0.839. The molecule has 1 unspecified atom stereocenters. The predicted molar refractivity (Wildman–Crippen MR) is 71.3 cm³/mol. The van der Waals surface area contributed by atoms with Crippen LogP contribution in [0, 0.1) is 0 Å². The molecule has 1 aliphatic heterocycles. The molecule has 0 amide bonds. The van der Waals surface area contributed by atoms with Gasteiger partial charge in [0.25, 0.3) is 0 Å². The lowest BCUT2D eigenvalue weighted by Gasteiger charge is -2.17. The number of hydrogen-bond acceptors (Lipinski definition) is 3. The molecule has 1 aromatic rings. The summed E-state index contributed by atoms with van der Waals surface area (Å²) in [4.78, 5) is 0. The molecule has 94 valence electrons. The molecule has 0 bridgehead atoms. The Labute approximate surface area is 104 Å². The van der Waals surface area contributed by atoms with E-state index >= 15 is 0 Å². The van der Waals surface area contributed by atoms with Crippen molar-refractivity contribution in [1.29, 1.82) is 0 Å². The largest absolute Gasteiger partial charge is 0.382 e. The van der Waals surface area contributed by atoms with E-state index in [-0.39, 0.29) is 0 Å². The van der Waals surface area contributed by atoms with Crippen LogP contribution in [0.25, 0.3) is 0 Å². The monoisotopic (exact) mass is 234 g/mol. The minimum atomic E-state index is 0.600. The summed E-state index contributed by atoms with van der Waals surface area (Å²) in [5.74, 6) is 0. The number of hydrogen-bond donors (Lipinski definition) is 2. The Balaban J connectivity index is 1.94. The van der Waals surface area contributed by atoms with Crippen LogP contribution in [0.4, 0.5) is 5.69 Å². The molecule has 0 spiro atoms. The zero-order chi connectivity index (χ0) is 11.9. The Kier molecular flexibility index (Phi) is 4.83. The van der Waals surface area contributed by atoms with Crippen molar-refractivity contribution in [2.24, 2.45) is 0 Å². The molecule has 0 aromatic heterocycles. The Hall–Kier alpha value is -1.06. The summed E-state index contributed by atoms with van der Waals surface area (Å²) >= 11 is 0. The molecule has 0 aliphatic carbocycles. The Bertz CT molecular complexity index is 333. The first-order valence-corrected chi connectivity index (χ1v) is 6.43. The molecular weight excluding hydrogens is 212 g/mol. The van der Waals surface area contributed by atoms with Gasteiger partial charge in [0.05, 0.1) is 6.61 Å². The van der Waals surface area contributed by atoms with Crippen molar-refractivity contribution in [1.82, 2.24) is 5.32 Å². The van der Waals surface area contributed by atoms with E-state index < -0.39 is 0 Å². The van der Waals surface area contributed by atoms with E-state index in [4.69, 9.17) is 4.74 Å². The Morgan fingerprint density at radius 3 is 3.18 bits per heavy atom. The van der Waals surface area contributed by atoms with Gasteiger partial charge in [-0.1, -0.05) is 12.1 Å². The maximum absolute atomic E-state index is 5.16. The summed E-state index contributed by atoms with van der Waals surface area (Å²) in [5, 5.41) is 7.06. The van der Waals surface area contributed by atoms with Crippen LogP contribution in [0.5, 0.6) is 0 Å². The average Bonchev–Trinajstić information content (AvgIpc) is 2.59. The van der Waals surface area contributed by atoms with Crippen LogP contribution in [-0.4, -0.2) is 26.2 Å². The number of ether oxygens (including phenoxy) is 1. The number of benzene rings is 1. The maximum Gasteiger partial charge on any atom is 0.0713 e. The molecule has 0 saturated carbocycles. The van der Waals surface area contributed by atoms with Crippen LogP contribution < -0.4 is 10.6 Å². The first-order chi connectivity index (χ1) is 8.38. The van der Waals surface area contributed by atoms with Crippen LogP contribution in [0.3, 0.4) is 0 Å². The summed E-state index contributed by atoms with van der Waals surface area (Å²) in [5.41, 5.74) is 2.44. The molecule has 17 heavy (non-hydrogen) atoms. The van der Waals surface area contributed by atoms with E-state index in [0.29, 0.717) is 12.6 Å². The van der Waals surface area contributed by atoms with Crippen molar-refractivity contribution in [2.45, 2.75) is 31.9 Å². The van der Waals surface area contributed by atoms with Crippen LogP contribution >= 0.6 is 0 Å². The lowest BCUT2D eigenvalue weighted by Crippen LogP contribution is -2.21. The maximum atomic E-state index is 5.16. The fraction of sp³-hybridized carbons (Fsp3) is 0.571. The minimum Gasteiger partial charge on any atom is -0.382 e. The summed E-state index contributed by atoms with van der Waals surface area (Å²) in [6.07, 6.45) is 3.71. The van der Waals surface area contributed by atoms with Gasteiger partial charge in [0.15, 0.2) is 0 Å². The van der Waals surface area contributed by atoms with Crippen LogP contribution in [0.15, 0.2) is 24.3 Å². The number of nitrogens with one attached hydrogen (secondary N) is 2. The highest BCUT2D eigenvalue weighted by Gasteiger charge is 2.11. The lowest BCUT2D eigenvalue weighted by molar-refractivity contribution is 0.185. The highest BCUT2D eigenvalue weighted by atomic mass is 16.5. The third-order valence-corrected chi connectivity index (χ3v) is 3.18. The van der Waals surface area contributed by atoms with E-state index in [9.17, 15) is 0 Å². The van der Waals surface area contributed by atoms with Crippen LogP contribution in [-0.2, 0) is 11.3 Å². The van der Waals surface area contributed by atoms with Crippen LogP contribution in [0.2, 0.25) is 0 Å².